The number of Topliss-reactive ketones (excluding diaryl/α,β-unsaturated/α-hetero) is 4. The maximum absolute atomic E-state index is 11.9. The predicted octanol–water partition coefficient (Wildman–Crippen LogP) is -2.20. The van der Waals surface area contributed by atoms with Gasteiger partial charge in [-0.25, -0.2) is 16.8 Å². The maximum atomic E-state index is 11.9. The second-order valence-corrected chi connectivity index (χ2v) is 11.6. The van der Waals surface area contributed by atoms with Crippen molar-refractivity contribution >= 4 is 81.1 Å². The SMILES string of the molecule is CC1(S(=O)(=O)[O-])CC(=O)C2=C(OCCO2)C1=O.CC1(S(=O)(=O)[O-])CC(=O)C2=C(OCCO2)C1=O.[Ca+2]. The fourth-order valence-corrected chi connectivity index (χ4v) is 4.66. The number of ketones is 4. The number of hydrogen-bond acceptors (Lipinski definition) is 14. The van der Waals surface area contributed by atoms with Crippen molar-refractivity contribution in [2.75, 3.05) is 26.4 Å². The van der Waals surface area contributed by atoms with Crippen molar-refractivity contribution in [3.63, 3.8) is 0 Å². The van der Waals surface area contributed by atoms with Gasteiger partial charge in [0.25, 0.3) is 0 Å². The van der Waals surface area contributed by atoms with Gasteiger partial charge in [-0.15, -0.1) is 0 Å². The second-order valence-electron chi connectivity index (χ2n) is 7.94. The third kappa shape index (κ3) is 5.14. The Morgan fingerprint density at radius 2 is 0.857 bits per heavy atom. The fraction of sp³-hybridized carbons (Fsp3) is 0.556. The molecule has 2 unspecified atom stereocenters. The van der Waals surface area contributed by atoms with Crippen molar-refractivity contribution in [1.82, 2.24) is 0 Å². The first-order valence-electron chi connectivity index (χ1n) is 9.61. The van der Waals surface area contributed by atoms with Crippen LogP contribution in [0.25, 0.3) is 0 Å². The summed E-state index contributed by atoms with van der Waals surface area (Å²) in [5, 5.41) is 0. The molecule has 17 heteroatoms. The van der Waals surface area contributed by atoms with Crippen LogP contribution >= 0.6 is 0 Å². The van der Waals surface area contributed by atoms with Crippen LogP contribution in [-0.2, 0) is 58.4 Å². The van der Waals surface area contributed by atoms with Gasteiger partial charge in [0.1, 0.15) is 56.2 Å². The molecule has 188 valence electrons. The molecule has 14 nitrogen and oxygen atoms in total. The van der Waals surface area contributed by atoms with Crippen LogP contribution in [0.5, 0.6) is 0 Å². The third-order valence-electron chi connectivity index (χ3n) is 5.54. The smallest absolute Gasteiger partial charge is 0.747 e. The summed E-state index contributed by atoms with van der Waals surface area (Å²) >= 11 is 0. The number of hydrogen-bond donors (Lipinski definition) is 0. The van der Waals surface area contributed by atoms with E-state index >= 15 is 0 Å². The fourth-order valence-electron chi connectivity index (χ4n) is 3.41. The largest absolute Gasteiger partial charge is 2.00 e. The predicted molar refractivity (Wildman–Crippen MR) is 109 cm³/mol. The molecule has 0 fully saturated rings. The van der Waals surface area contributed by atoms with E-state index in [-0.39, 0.29) is 75.7 Å². The van der Waals surface area contributed by atoms with Crippen molar-refractivity contribution in [1.29, 1.82) is 0 Å². The molecule has 0 saturated heterocycles. The van der Waals surface area contributed by atoms with Crippen molar-refractivity contribution in [3.8, 4) is 0 Å². The summed E-state index contributed by atoms with van der Waals surface area (Å²) in [6.45, 7) is 2.14. The van der Waals surface area contributed by atoms with Gasteiger partial charge in [-0.05, 0) is 13.8 Å². The third-order valence-corrected chi connectivity index (χ3v) is 8.41. The number of rotatable bonds is 2. The number of allylic oxidation sites excluding steroid dienone is 4. The number of carbonyl (C=O) groups excluding carboxylic acids is 4. The Kier molecular flexibility index (Phi) is 8.53. The number of carbonyl (C=O) groups is 4. The molecule has 4 rings (SSSR count). The van der Waals surface area contributed by atoms with Gasteiger partial charge in [-0.2, -0.15) is 0 Å². The van der Waals surface area contributed by atoms with E-state index in [1.54, 1.807) is 0 Å². The van der Waals surface area contributed by atoms with E-state index in [0.29, 0.717) is 0 Å². The topological polar surface area (TPSA) is 220 Å². The van der Waals surface area contributed by atoms with E-state index in [2.05, 4.69) is 0 Å². The molecule has 35 heavy (non-hydrogen) atoms. The summed E-state index contributed by atoms with van der Waals surface area (Å²) in [6.07, 6.45) is -1.42. The van der Waals surface area contributed by atoms with Crippen LogP contribution < -0.4 is 0 Å². The molecule has 0 aromatic rings. The van der Waals surface area contributed by atoms with Crippen molar-refractivity contribution in [2.24, 2.45) is 0 Å². The van der Waals surface area contributed by atoms with Gasteiger partial charge < -0.3 is 28.1 Å². The van der Waals surface area contributed by atoms with Crippen LogP contribution in [0, 0.1) is 0 Å². The summed E-state index contributed by atoms with van der Waals surface area (Å²) in [6, 6.07) is 0. The minimum atomic E-state index is -4.95. The summed E-state index contributed by atoms with van der Waals surface area (Å²) in [5.41, 5.74) is 0. The quantitative estimate of drug-likeness (QED) is 0.258. The number of ether oxygens (including phenoxy) is 4. The standard InChI is InChI=1S/2C9H10O7S.Ca/c2*1-9(17(12,13)14)4-5(10)6-7(8(9)11)16-3-2-15-6;/h2*2-4H2,1H3,(H,12,13,14);/q;;+2/p-2. The van der Waals surface area contributed by atoms with E-state index in [1.165, 1.54) is 0 Å². The molecule has 0 bridgehead atoms. The van der Waals surface area contributed by atoms with E-state index in [0.717, 1.165) is 13.8 Å². The van der Waals surface area contributed by atoms with Gasteiger partial charge in [0.05, 0.1) is 0 Å². The molecular weight excluding hydrogens is 544 g/mol. The average Bonchev–Trinajstić information content (AvgIpc) is 2.75. The van der Waals surface area contributed by atoms with E-state index in [1.807, 2.05) is 0 Å². The Morgan fingerprint density at radius 3 is 1.11 bits per heavy atom. The van der Waals surface area contributed by atoms with E-state index in [4.69, 9.17) is 18.9 Å². The molecule has 0 radical (unpaired) electrons. The molecule has 0 amide bonds. The van der Waals surface area contributed by atoms with Gasteiger partial charge in [-0.1, -0.05) is 0 Å². The van der Waals surface area contributed by atoms with Crippen LogP contribution in [-0.4, -0.2) is 123 Å². The zero-order chi connectivity index (χ0) is 25.7. The normalized spacial score (nSPS) is 28.7. The molecule has 2 atom stereocenters. The van der Waals surface area contributed by atoms with Gasteiger partial charge in [0, 0.05) is 12.8 Å². The first-order chi connectivity index (χ1) is 15.5. The zero-order valence-corrected chi connectivity index (χ0v) is 22.3. The molecule has 0 saturated carbocycles. The minimum Gasteiger partial charge on any atom is -0.747 e. The Balaban J connectivity index is 0.000000240. The monoisotopic (exact) mass is 562 g/mol. The molecule has 2 aliphatic heterocycles. The molecule has 2 heterocycles. The van der Waals surface area contributed by atoms with Crippen LogP contribution in [0.2, 0.25) is 0 Å². The molecule has 0 aromatic carbocycles. The Labute approximate surface area is 229 Å². The van der Waals surface area contributed by atoms with Crippen LogP contribution in [0.15, 0.2) is 23.0 Å². The molecule has 0 N–H and O–H groups in total. The van der Waals surface area contributed by atoms with E-state index in [9.17, 15) is 45.1 Å². The minimum absolute atomic E-state index is 0. The molecular formula is C18H18CaO14S2. The van der Waals surface area contributed by atoms with Crippen LogP contribution in [0.1, 0.15) is 26.7 Å². The summed E-state index contributed by atoms with van der Waals surface area (Å²) in [4.78, 5) is 47.0. The van der Waals surface area contributed by atoms with Gasteiger partial charge >= 0.3 is 37.7 Å². The first-order valence-corrected chi connectivity index (χ1v) is 12.4. The summed E-state index contributed by atoms with van der Waals surface area (Å²) in [7, 11) is -9.90. The Hall–Kier alpha value is -1.56. The maximum Gasteiger partial charge on any atom is 2.00 e. The second kappa shape index (κ2) is 10.1. The van der Waals surface area contributed by atoms with Crippen LogP contribution in [0.3, 0.4) is 0 Å². The molecule has 4 aliphatic rings. The first kappa shape index (κ1) is 29.7. The van der Waals surface area contributed by atoms with Gasteiger partial charge in [-0.3, -0.25) is 19.2 Å². The molecule has 2 aliphatic carbocycles. The van der Waals surface area contributed by atoms with Crippen molar-refractivity contribution in [3.05, 3.63) is 23.0 Å². The van der Waals surface area contributed by atoms with Crippen molar-refractivity contribution < 1.29 is 64.1 Å². The van der Waals surface area contributed by atoms with Crippen molar-refractivity contribution in [2.45, 2.75) is 36.2 Å². The molecule has 0 spiro atoms. The summed E-state index contributed by atoms with van der Waals surface area (Å²) in [5.74, 6) is -4.89. The Morgan fingerprint density at radius 1 is 0.600 bits per heavy atom. The average molecular weight is 563 g/mol. The zero-order valence-electron chi connectivity index (χ0n) is 18.5. The molecule has 0 aromatic heterocycles. The summed E-state index contributed by atoms with van der Waals surface area (Å²) < 4.78 is 81.7. The Bertz CT molecular complexity index is 1160. The van der Waals surface area contributed by atoms with Gasteiger partial charge in [0.2, 0.25) is 46.2 Å². The van der Waals surface area contributed by atoms with Crippen LogP contribution in [0.4, 0.5) is 0 Å². The van der Waals surface area contributed by atoms with Gasteiger partial charge in [0.15, 0.2) is 0 Å². The van der Waals surface area contributed by atoms with E-state index < -0.39 is 77.2 Å².